The van der Waals surface area contributed by atoms with Crippen LogP contribution >= 0.6 is 0 Å². The van der Waals surface area contributed by atoms with E-state index in [2.05, 4.69) is 10.6 Å². The van der Waals surface area contributed by atoms with Gasteiger partial charge in [-0.25, -0.2) is 4.79 Å². The van der Waals surface area contributed by atoms with E-state index in [1.807, 2.05) is 39.0 Å². The van der Waals surface area contributed by atoms with Crippen LogP contribution in [0.3, 0.4) is 0 Å². The summed E-state index contributed by atoms with van der Waals surface area (Å²) >= 11 is 0. The first-order valence-electron chi connectivity index (χ1n) is 7.56. The number of carbonyl (C=O) groups excluding carboxylic acids is 1. The van der Waals surface area contributed by atoms with Gasteiger partial charge in [-0.2, -0.15) is 0 Å². The Kier molecular flexibility index (Phi) is 3.40. The van der Waals surface area contributed by atoms with Crippen molar-refractivity contribution in [2.75, 3.05) is 5.32 Å². The predicted octanol–water partition coefficient (Wildman–Crippen LogP) is 4.23. The molecule has 4 heteroatoms. The summed E-state index contributed by atoms with van der Waals surface area (Å²) in [5, 5.41) is 6.93. The van der Waals surface area contributed by atoms with Gasteiger partial charge in [0.25, 0.3) is 0 Å². The molecule has 2 aromatic rings. The van der Waals surface area contributed by atoms with E-state index < -0.39 is 0 Å². The topological polar surface area (TPSA) is 54.3 Å². The third-order valence-corrected chi connectivity index (χ3v) is 3.70. The number of nitrogens with one attached hydrogen (secondary N) is 2. The van der Waals surface area contributed by atoms with Crippen LogP contribution in [0, 0.1) is 0 Å². The summed E-state index contributed by atoms with van der Waals surface area (Å²) in [6.07, 6.45) is 4.51. The maximum atomic E-state index is 11.9. The van der Waals surface area contributed by atoms with E-state index in [-0.39, 0.29) is 11.6 Å². The van der Waals surface area contributed by atoms with Crippen LogP contribution in [0.5, 0.6) is 0 Å². The number of hydrogen-bond acceptors (Lipinski definition) is 2. The minimum atomic E-state index is -0.247. The van der Waals surface area contributed by atoms with Gasteiger partial charge in [-0.3, -0.25) is 0 Å². The molecule has 3 rings (SSSR count). The van der Waals surface area contributed by atoms with Gasteiger partial charge in [-0.15, -0.1) is 0 Å². The fraction of sp³-hybridized carbons (Fsp3) is 0.471. The summed E-state index contributed by atoms with van der Waals surface area (Å²) in [5.74, 6) is 1.12. The molecule has 1 aromatic carbocycles. The lowest BCUT2D eigenvalue weighted by atomic mass is 9.96. The van der Waals surface area contributed by atoms with E-state index in [1.54, 1.807) is 0 Å². The molecule has 1 aliphatic rings. The molecule has 0 unspecified atom stereocenters. The summed E-state index contributed by atoms with van der Waals surface area (Å²) in [4.78, 5) is 11.9. The fourth-order valence-electron chi connectivity index (χ4n) is 2.84. The molecule has 21 heavy (non-hydrogen) atoms. The number of fused-ring (bicyclic) bond motifs is 3. The highest BCUT2D eigenvalue weighted by Crippen LogP contribution is 2.33. The molecule has 1 aliphatic carbocycles. The van der Waals surface area contributed by atoms with Crippen LogP contribution < -0.4 is 10.6 Å². The molecule has 112 valence electrons. The van der Waals surface area contributed by atoms with Crippen LogP contribution in [-0.2, 0) is 12.8 Å². The Labute approximate surface area is 124 Å². The van der Waals surface area contributed by atoms with Crippen molar-refractivity contribution in [1.82, 2.24) is 5.32 Å². The van der Waals surface area contributed by atoms with Gasteiger partial charge in [0.15, 0.2) is 0 Å². The van der Waals surface area contributed by atoms with Gasteiger partial charge < -0.3 is 15.1 Å². The monoisotopic (exact) mass is 286 g/mol. The molecule has 0 atom stereocenters. The number of aryl methyl sites for hydroxylation is 2. The van der Waals surface area contributed by atoms with Crippen LogP contribution in [0.4, 0.5) is 10.5 Å². The maximum Gasteiger partial charge on any atom is 0.319 e. The number of carbonyl (C=O) groups is 1. The average molecular weight is 286 g/mol. The first kappa shape index (κ1) is 14.0. The summed E-state index contributed by atoms with van der Waals surface area (Å²) < 4.78 is 5.90. The lowest BCUT2D eigenvalue weighted by molar-refractivity contribution is 0.244. The molecule has 0 saturated heterocycles. The second-order valence-electron chi connectivity index (χ2n) is 6.75. The number of urea groups is 1. The van der Waals surface area contributed by atoms with E-state index >= 15 is 0 Å². The van der Waals surface area contributed by atoms with Crippen molar-refractivity contribution in [3.05, 3.63) is 29.5 Å². The maximum absolute atomic E-state index is 11.9. The first-order valence-corrected chi connectivity index (χ1v) is 7.56. The van der Waals surface area contributed by atoms with Crippen LogP contribution in [0.25, 0.3) is 11.0 Å². The smallest absolute Gasteiger partial charge is 0.319 e. The first-order chi connectivity index (χ1) is 9.92. The summed E-state index contributed by atoms with van der Waals surface area (Å²) in [6, 6.07) is 5.67. The molecule has 0 fully saturated rings. The summed E-state index contributed by atoms with van der Waals surface area (Å²) in [5.41, 5.74) is 2.79. The molecule has 0 spiro atoms. The minimum absolute atomic E-state index is 0.181. The molecule has 1 heterocycles. The Hall–Kier alpha value is -1.97. The third-order valence-electron chi connectivity index (χ3n) is 3.70. The zero-order valence-electron chi connectivity index (χ0n) is 12.9. The van der Waals surface area contributed by atoms with E-state index in [9.17, 15) is 4.79 Å². The number of rotatable bonds is 1. The molecule has 2 N–H and O–H groups in total. The summed E-state index contributed by atoms with van der Waals surface area (Å²) in [7, 11) is 0. The van der Waals surface area contributed by atoms with Crippen LogP contribution in [0.1, 0.15) is 44.9 Å². The van der Waals surface area contributed by atoms with Crippen LogP contribution in [-0.4, -0.2) is 11.6 Å². The number of amides is 2. The number of hydrogen-bond donors (Lipinski definition) is 2. The highest BCUT2D eigenvalue weighted by molar-refractivity contribution is 5.93. The normalized spacial score (nSPS) is 14.8. The van der Waals surface area contributed by atoms with Crippen molar-refractivity contribution < 1.29 is 9.21 Å². The van der Waals surface area contributed by atoms with Crippen molar-refractivity contribution in [2.24, 2.45) is 0 Å². The largest absolute Gasteiger partial charge is 0.461 e. The second-order valence-corrected chi connectivity index (χ2v) is 6.75. The molecule has 0 radical (unpaired) electrons. The number of anilines is 1. The van der Waals surface area contributed by atoms with Gasteiger partial charge in [0.1, 0.15) is 11.3 Å². The average Bonchev–Trinajstić information content (AvgIpc) is 2.74. The molecule has 4 nitrogen and oxygen atoms in total. The lowest BCUT2D eigenvalue weighted by Gasteiger charge is -2.20. The summed E-state index contributed by atoms with van der Waals surface area (Å²) in [6.45, 7) is 5.88. The van der Waals surface area contributed by atoms with Gasteiger partial charge >= 0.3 is 6.03 Å². The number of furan rings is 1. The molecule has 0 aliphatic heterocycles. The standard InChI is InChI=1S/C17H22N2O2/c1-17(2,3)19-16(20)18-11-8-9-15-13(10-11)12-6-4-5-7-14(12)21-15/h8-10H,4-7H2,1-3H3,(H2,18,19,20). The molecule has 0 saturated carbocycles. The zero-order chi connectivity index (χ0) is 15.0. The Morgan fingerprint density at radius 3 is 2.71 bits per heavy atom. The number of benzene rings is 1. The van der Waals surface area contributed by atoms with Crippen LogP contribution in [0.15, 0.2) is 22.6 Å². The lowest BCUT2D eigenvalue weighted by Crippen LogP contribution is -2.43. The minimum Gasteiger partial charge on any atom is -0.461 e. The Bertz CT molecular complexity index is 680. The van der Waals surface area contributed by atoms with Crippen molar-refractivity contribution in [3.63, 3.8) is 0 Å². The van der Waals surface area contributed by atoms with Gasteiger partial charge in [0, 0.05) is 28.6 Å². The Balaban J connectivity index is 1.85. The van der Waals surface area contributed by atoms with Crippen molar-refractivity contribution in [3.8, 4) is 0 Å². The molecule has 0 bridgehead atoms. The Morgan fingerprint density at radius 2 is 1.95 bits per heavy atom. The van der Waals surface area contributed by atoms with Gasteiger partial charge in [0.2, 0.25) is 0 Å². The van der Waals surface area contributed by atoms with E-state index in [0.29, 0.717) is 0 Å². The molecule has 2 amide bonds. The second kappa shape index (κ2) is 5.10. The van der Waals surface area contributed by atoms with Crippen molar-refractivity contribution in [1.29, 1.82) is 0 Å². The highest BCUT2D eigenvalue weighted by Gasteiger charge is 2.18. The SMILES string of the molecule is CC(C)(C)NC(=O)Nc1ccc2oc3c(c2c1)CCCC3. The molecule has 1 aromatic heterocycles. The van der Waals surface area contributed by atoms with E-state index in [4.69, 9.17) is 4.42 Å². The highest BCUT2D eigenvalue weighted by atomic mass is 16.3. The molecular formula is C17H22N2O2. The van der Waals surface area contributed by atoms with Gasteiger partial charge in [0.05, 0.1) is 0 Å². The fourth-order valence-corrected chi connectivity index (χ4v) is 2.84. The quantitative estimate of drug-likeness (QED) is 0.824. The van der Waals surface area contributed by atoms with Crippen molar-refractivity contribution in [2.45, 2.75) is 52.0 Å². The molecular weight excluding hydrogens is 264 g/mol. The van der Waals surface area contributed by atoms with Crippen molar-refractivity contribution >= 4 is 22.7 Å². The third kappa shape index (κ3) is 3.04. The Morgan fingerprint density at radius 1 is 1.19 bits per heavy atom. The zero-order valence-corrected chi connectivity index (χ0v) is 12.9. The van der Waals surface area contributed by atoms with Gasteiger partial charge in [-0.1, -0.05) is 0 Å². The van der Waals surface area contributed by atoms with E-state index in [1.165, 1.54) is 18.4 Å². The van der Waals surface area contributed by atoms with Gasteiger partial charge in [-0.05, 0) is 58.2 Å². The van der Waals surface area contributed by atoms with Crippen LogP contribution in [0.2, 0.25) is 0 Å². The predicted molar refractivity (Wildman–Crippen MR) is 84.8 cm³/mol. The van der Waals surface area contributed by atoms with E-state index in [0.717, 1.165) is 35.3 Å².